The molecule has 1 aromatic rings. The minimum Gasteiger partial charge on any atom is -0.356 e. The van der Waals surface area contributed by atoms with Crippen molar-refractivity contribution in [3.8, 4) is 0 Å². The molecule has 0 bridgehead atoms. The third-order valence-electron chi connectivity index (χ3n) is 1.35. The molecule has 5 nitrogen and oxygen atoms in total. The molecule has 1 rings (SSSR count). The van der Waals surface area contributed by atoms with Gasteiger partial charge in [-0.1, -0.05) is 6.58 Å². The van der Waals surface area contributed by atoms with Gasteiger partial charge in [-0.05, 0) is 6.08 Å². The Morgan fingerprint density at radius 2 is 2.33 bits per heavy atom. The standard InChI is InChI=1S/C7H6N2O3/c1-2-5-7(9(11)12)6(10)3-4-8-5/h2-4H,1H2,(H,8,10). The normalized spacial score (nSPS) is 9.33. The number of H-pyrrole nitrogens is 1. The Bertz CT molecular complexity index is 380. The van der Waals surface area contributed by atoms with Gasteiger partial charge in [-0.25, -0.2) is 0 Å². The van der Waals surface area contributed by atoms with Crippen molar-refractivity contribution in [2.24, 2.45) is 0 Å². The lowest BCUT2D eigenvalue weighted by Gasteiger charge is -1.93. The molecular formula is C7H6N2O3. The van der Waals surface area contributed by atoms with E-state index in [1.807, 2.05) is 0 Å². The maximum Gasteiger partial charge on any atom is 0.339 e. The second-order valence-corrected chi connectivity index (χ2v) is 2.07. The second-order valence-electron chi connectivity index (χ2n) is 2.07. The number of aromatic nitrogens is 1. The Hall–Kier alpha value is -1.91. The second kappa shape index (κ2) is 3.00. The third kappa shape index (κ3) is 1.24. The predicted molar refractivity (Wildman–Crippen MR) is 43.8 cm³/mol. The van der Waals surface area contributed by atoms with Crippen LogP contribution in [-0.4, -0.2) is 9.91 Å². The molecule has 0 unspecified atom stereocenters. The number of hydrogen-bond acceptors (Lipinski definition) is 3. The maximum atomic E-state index is 10.9. The van der Waals surface area contributed by atoms with Crippen LogP contribution in [0.1, 0.15) is 5.69 Å². The van der Waals surface area contributed by atoms with Gasteiger partial charge in [0.15, 0.2) is 0 Å². The molecule has 5 heteroatoms. The summed E-state index contributed by atoms with van der Waals surface area (Å²) in [6.45, 7) is 3.34. The fourth-order valence-corrected chi connectivity index (χ4v) is 0.831. The molecule has 0 aliphatic rings. The van der Waals surface area contributed by atoms with E-state index in [4.69, 9.17) is 0 Å². The number of rotatable bonds is 2. The van der Waals surface area contributed by atoms with Gasteiger partial charge >= 0.3 is 5.69 Å². The number of nitro groups is 1. The van der Waals surface area contributed by atoms with E-state index in [0.717, 1.165) is 6.07 Å². The Labute approximate surface area is 67.5 Å². The minimum atomic E-state index is -0.726. The van der Waals surface area contributed by atoms with E-state index in [9.17, 15) is 14.9 Å². The SMILES string of the molecule is C=Cc1[nH]ccc(=O)c1[N+](=O)[O-]. The fourth-order valence-electron chi connectivity index (χ4n) is 0.831. The van der Waals surface area contributed by atoms with Crippen molar-refractivity contribution < 1.29 is 4.92 Å². The fraction of sp³-hybridized carbons (Fsp3) is 0. The van der Waals surface area contributed by atoms with E-state index in [-0.39, 0.29) is 5.69 Å². The molecule has 0 aromatic carbocycles. The average Bonchev–Trinajstić information content (AvgIpc) is 2.03. The summed E-state index contributed by atoms with van der Waals surface area (Å²) in [6.07, 6.45) is 2.58. The van der Waals surface area contributed by atoms with Gasteiger partial charge in [-0.3, -0.25) is 14.9 Å². The lowest BCUT2D eigenvalue weighted by atomic mass is 10.3. The van der Waals surface area contributed by atoms with Gasteiger partial charge in [0, 0.05) is 12.3 Å². The topological polar surface area (TPSA) is 76.0 Å². The van der Waals surface area contributed by atoms with Gasteiger partial charge in [0.05, 0.1) is 4.92 Å². The summed E-state index contributed by atoms with van der Waals surface area (Å²) in [7, 11) is 0. The van der Waals surface area contributed by atoms with E-state index < -0.39 is 16.0 Å². The van der Waals surface area contributed by atoms with Crippen LogP contribution in [-0.2, 0) is 0 Å². The van der Waals surface area contributed by atoms with Crippen molar-refractivity contribution in [2.45, 2.75) is 0 Å². The number of aromatic amines is 1. The molecule has 0 amide bonds. The Morgan fingerprint density at radius 3 is 2.75 bits per heavy atom. The van der Waals surface area contributed by atoms with Crippen LogP contribution >= 0.6 is 0 Å². The Balaban J connectivity index is 3.50. The number of hydrogen-bond donors (Lipinski definition) is 1. The predicted octanol–water partition coefficient (Wildman–Crippen LogP) is 0.926. The van der Waals surface area contributed by atoms with Crippen LogP contribution in [0.4, 0.5) is 5.69 Å². The molecule has 1 N–H and O–H groups in total. The molecule has 0 fully saturated rings. The third-order valence-corrected chi connectivity index (χ3v) is 1.35. The number of nitrogens with one attached hydrogen (secondary N) is 1. The monoisotopic (exact) mass is 166 g/mol. The lowest BCUT2D eigenvalue weighted by molar-refractivity contribution is -0.386. The molecule has 12 heavy (non-hydrogen) atoms. The van der Waals surface area contributed by atoms with Crippen molar-refractivity contribution in [3.05, 3.63) is 44.9 Å². The molecule has 0 atom stereocenters. The summed E-state index contributed by atoms with van der Waals surface area (Å²) in [4.78, 5) is 23.1. The molecule has 0 radical (unpaired) electrons. The van der Waals surface area contributed by atoms with Crippen LogP contribution in [0.25, 0.3) is 6.08 Å². The maximum absolute atomic E-state index is 10.9. The van der Waals surface area contributed by atoms with Crippen LogP contribution in [0.2, 0.25) is 0 Å². The van der Waals surface area contributed by atoms with Crippen molar-refractivity contribution in [1.82, 2.24) is 4.98 Å². The lowest BCUT2D eigenvalue weighted by Crippen LogP contribution is -2.09. The number of pyridine rings is 1. The number of nitrogens with zero attached hydrogens (tertiary/aromatic N) is 1. The molecule has 0 spiro atoms. The summed E-state index contributed by atoms with van der Waals surface area (Å²) >= 11 is 0. The van der Waals surface area contributed by atoms with Crippen molar-refractivity contribution >= 4 is 11.8 Å². The van der Waals surface area contributed by atoms with Crippen LogP contribution in [0.15, 0.2) is 23.6 Å². The largest absolute Gasteiger partial charge is 0.356 e. The molecular weight excluding hydrogens is 160 g/mol. The van der Waals surface area contributed by atoms with Gasteiger partial charge in [-0.2, -0.15) is 0 Å². The molecule has 1 aromatic heterocycles. The summed E-state index contributed by atoms with van der Waals surface area (Å²) in [5.41, 5.74) is -0.950. The van der Waals surface area contributed by atoms with Gasteiger partial charge in [0.1, 0.15) is 5.69 Å². The zero-order valence-corrected chi connectivity index (χ0v) is 6.11. The first kappa shape index (κ1) is 8.19. The van der Waals surface area contributed by atoms with Crippen LogP contribution < -0.4 is 5.43 Å². The van der Waals surface area contributed by atoms with E-state index in [1.54, 1.807) is 0 Å². The smallest absolute Gasteiger partial charge is 0.339 e. The first-order chi connectivity index (χ1) is 5.66. The minimum absolute atomic E-state index is 0.132. The van der Waals surface area contributed by atoms with Gasteiger partial charge in [0.2, 0.25) is 0 Å². The molecule has 62 valence electrons. The van der Waals surface area contributed by atoms with Crippen LogP contribution in [0.3, 0.4) is 0 Å². The summed E-state index contributed by atoms with van der Waals surface area (Å²) < 4.78 is 0. The highest BCUT2D eigenvalue weighted by molar-refractivity contribution is 5.54. The van der Waals surface area contributed by atoms with Gasteiger partial charge in [-0.15, -0.1) is 0 Å². The summed E-state index contributed by atoms with van der Waals surface area (Å²) in [5, 5.41) is 10.3. The first-order valence-corrected chi connectivity index (χ1v) is 3.15. The summed E-state index contributed by atoms with van der Waals surface area (Å²) in [6, 6.07) is 1.10. The van der Waals surface area contributed by atoms with Gasteiger partial charge < -0.3 is 4.98 Å². The average molecular weight is 166 g/mol. The zero-order chi connectivity index (χ0) is 9.14. The van der Waals surface area contributed by atoms with E-state index in [0.29, 0.717) is 0 Å². The molecule has 0 aliphatic heterocycles. The quantitative estimate of drug-likeness (QED) is 0.524. The van der Waals surface area contributed by atoms with E-state index in [2.05, 4.69) is 11.6 Å². The molecule has 0 saturated heterocycles. The van der Waals surface area contributed by atoms with E-state index >= 15 is 0 Å². The van der Waals surface area contributed by atoms with Crippen LogP contribution in [0.5, 0.6) is 0 Å². The first-order valence-electron chi connectivity index (χ1n) is 3.15. The molecule has 0 saturated carbocycles. The van der Waals surface area contributed by atoms with Crippen molar-refractivity contribution in [1.29, 1.82) is 0 Å². The van der Waals surface area contributed by atoms with Crippen molar-refractivity contribution in [2.75, 3.05) is 0 Å². The Morgan fingerprint density at radius 1 is 1.67 bits per heavy atom. The molecule has 1 heterocycles. The summed E-state index contributed by atoms with van der Waals surface area (Å²) in [5.74, 6) is 0. The van der Waals surface area contributed by atoms with Crippen molar-refractivity contribution in [3.63, 3.8) is 0 Å². The van der Waals surface area contributed by atoms with Crippen LogP contribution in [0, 0.1) is 10.1 Å². The highest BCUT2D eigenvalue weighted by Crippen LogP contribution is 2.09. The Kier molecular flexibility index (Phi) is 2.05. The highest BCUT2D eigenvalue weighted by atomic mass is 16.6. The molecule has 0 aliphatic carbocycles. The highest BCUT2D eigenvalue weighted by Gasteiger charge is 2.15. The van der Waals surface area contributed by atoms with Gasteiger partial charge in [0.25, 0.3) is 5.43 Å². The zero-order valence-electron chi connectivity index (χ0n) is 6.11. The van der Waals surface area contributed by atoms with E-state index in [1.165, 1.54) is 12.3 Å².